The van der Waals surface area contributed by atoms with Gasteiger partial charge in [-0.25, -0.2) is 0 Å². The number of halogens is 3. The Morgan fingerprint density at radius 2 is 1.77 bits per heavy atom. The average Bonchev–Trinajstić information content (AvgIpc) is 3.47. The van der Waals surface area contributed by atoms with Gasteiger partial charge in [0, 0.05) is 37.8 Å². The van der Waals surface area contributed by atoms with Crippen molar-refractivity contribution >= 4 is 28.9 Å². The number of nitrogens with one attached hydrogen (secondary N) is 1. The van der Waals surface area contributed by atoms with Gasteiger partial charge in [0.1, 0.15) is 11.3 Å². The van der Waals surface area contributed by atoms with E-state index in [9.17, 15) is 22.8 Å². The van der Waals surface area contributed by atoms with E-state index >= 15 is 0 Å². The molecule has 5 rings (SSSR count). The van der Waals surface area contributed by atoms with Crippen LogP contribution in [-0.2, 0) is 4.79 Å². The van der Waals surface area contributed by atoms with Crippen LogP contribution in [0.4, 0.5) is 13.2 Å². The smallest absolute Gasteiger partial charge is 0.406 e. The Hall–Kier alpha value is -3.89. The van der Waals surface area contributed by atoms with Crippen LogP contribution in [0.1, 0.15) is 22.3 Å². The number of carbonyl (C=O) groups excluding carboxylic acids is 2. The van der Waals surface area contributed by atoms with Crippen molar-refractivity contribution < 1.29 is 27.5 Å². The van der Waals surface area contributed by atoms with Crippen molar-refractivity contribution in [2.24, 2.45) is 11.8 Å². The molecule has 35 heavy (non-hydrogen) atoms. The maximum Gasteiger partial charge on any atom is 0.573 e. The minimum absolute atomic E-state index is 0.0555. The molecule has 2 aliphatic rings. The number of likely N-dealkylation sites (tertiary alicyclic amines) is 2. The number of H-pyrrole nitrogens is 1. The highest BCUT2D eigenvalue weighted by atomic mass is 19.4. The molecule has 0 spiro atoms. The lowest BCUT2D eigenvalue weighted by atomic mass is 9.88. The number of amides is 2. The van der Waals surface area contributed by atoms with Gasteiger partial charge >= 0.3 is 6.36 Å². The number of ether oxygens (including phenoxy) is 1. The molecule has 2 aliphatic heterocycles. The molecular weight excluding hydrogens is 463 g/mol. The number of hydrogen-bond acceptors (Lipinski definition) is 5. The Kier molecular flexibility index (Phi) is 5.91. The third kappa shape index (κ3) is 5.13. The lowest BCUT2D eigenvalue weighted by Crippen LogP contribution is -2.42. The van der Waals surface area contributed by atoms with Gasteiger partial charge in [-0.05, 0) is 60.2 Å². The zero-order chi connectivity index (χ0) is 24.6. The average molecular weight is 485 g/mol. The fourth-order valence-electron chi connectivity index (χ4n) is 4.75. The number of hydrogen-bond donors (Lipinski definition) is 1. The summed E-state index contributed by atoms with van der Waals surface area (Å²) in [5.41, 5.74) is 2.56. The number of alkyl halides is 3. The predicted molar refractivity (Wildman–Crippen MR) is 120 cm³/mol. The van der Waals surface area contributed by atoms with Crippen LogP contribution in [0, 0.1) is 11.8 Å². The van der Waals surface area contributed by atoms with E-state index in [0.717, 1.165) is 11.9 Å². The number of fused-ring (bicyclic) bond motifs is 2. The lowest BCUT2D eigenvalue weighted by molar-refractivity contribution is -0.274. The van der Waals surface area contributed by atoms with Gasteiger partial charge in [-0.15, -0.1) is 18.3 Å². The molecule has 1 N–H and O–H groups in total. The van der Waals surface area contributed by atoms with Crippen molar-refractivity contribution in [1.29, 1.82) is 0 Å². The standard InChI is InChI=1S/C24H22F3N5O3/c25-24(26,27)35-19-5-1-15(2-6-19)3-8-22(33)31-10-9-17-12-32(14-18(17)13-31)23(34)16-4-7-20-21(11-16)29-30-28-20/h1-8,11,17-18H,9-10,12-14H2,(H,28,29,30)/t17-,18+/m1/s1. The number of nitrogens with zero attached hydrogens (tertiary/aromatic N) is 4. The molecule has 3 heterocycles. The summed E-state index contributed by atoms with van der Waals surface area (Å²) in [5.74, 6) is -0.00625. The number of aromatic nitrogens is 3. The Balaban J connectivity index is 1.17. The van der Waals surface area contributed by atoms with Crippen LogP contribution >= 0.6 is 0 Å². The normalized spacial score (nSPS) is 20.4. The third-order valence-electron chi connectivity index (χ3n) is 6.50. The summed E-state index contributed by atoms with van der Waals surface area (Å²) in [7, 11) is 0. The first-order valence-corrected chi connectivity index (χ1v) is 11.2. The molecule has 0 saturated carbocycles. The highest BCUT2D eigenvalue weighted by Crippen LogP contribution is 2.32. The Labute approximate surface area is 198 Å². The number of carbonyl (C=O) groups is 2. The Bertz CT molecular complexity index is 1270. The molecule has 0 aliphatic carbocycles. The van der Waals surface area contributed by atoms with E-state index in [0.29, 0.717) is 48.7 Å². The van der Waals surface area contributed by atoms with Crippen molar-refractivity contribution in [2.75, 3.05) is 26.2 Å². The maximum atomic E-state index is 13.0. The van der Waals surface area contributed by atoms with Gasteiger partial charge in [0.15, 0.2) is 0 Å². The lowest BCUT2D eigenvalue weighted by Gasteiger charge is -2.33. The van der Waals surface area contributed by atoms with E-state index < -0.39 is 6.36 Å². The molecular formula is C24H22F3N5O3. The van der Waals surface area contributed by atoms with Crippen molar-refractivity contribution in [1.82, 2.24) is 25.2 Å². The summed E-state index contributed by atoms with van der Waals surface area (Å²) in [4.78, 5) is 29.4. The van der Waals surface area contributed by atoms with E-state index in [1.165, 1.54) is 30.3 Å². The van der Waals surface area contributed by atoms with Crippen LogP contribution in [0.5, 0.6) is 5.75 Å². The van der Waals surface area contributed by atoms with Gasteiger partial charge < -0.3 is 14.5 Å². The van der Waals surface area contributed by atoms with Gasteiger partial charge in [0.05, 0.1) is 5.52 Å². The second kappa shape index (κ2) is 9.05. The zero-order valence-corrected chi connectivity index (χ0v) is 18.5. The minimum atomic E-state index is -4.75. The van der Waals surface area contributed by atoms with E-state index in [1.807, 2.05) is 4.90 Å². The molecule has 3 aromatic rings. The number of piperidine rings is 1. The van der Waals surface area contributed by atoms with Crippen LogP contribution in [-0.4, -0.2) is 69.6 Å². The first kappa shape index (κ1) is 22.9. The number of rotatable bonds is 4. The molecule has 2 aromatic carbocycles. The quantitative estimate of drug-likeness (QED) is 0.572. The van der Waals surface area contributed by atoms with Crippen molar-refractivity contribution in [2.45, 2.75) is 12.8 Å². The summed E-state index contributed by atoms with van der Waals surface area (Å²) >= 11 is 0. The molecule has 1 aromatic heterocycles. The largest absolute Gasteiger partial charge is 0.573 e. The molecule has 0 radical (unpaired) electrons. The molecule has 8 nitrogen and oxygen atoms in total. The monoisotopic (exact) mass is 485 g/mol. The van der Waals surface area contributed by atoms with Crippen LogP contribution in [0.2, 0.25) is 0 Å². The molecule has 0 bridgehead atoms. The number of benzene rings is 2. The van der Waals surface area contributed by atoms with Crippen LogP contribution in [0.15, 0.2) is 48.5 Å². The summed E-state index contributed by atoms with van der Waals surface area (Å²) in [6.07, 6.45) is -0.953. The van der Waals surface area contributed by atoms with E-state index in [2.05, 4.69) is 20.1 Å². The van der Waals surface area contributed by atoms with Crippen LogP contribution in [0.25, 0.3) is 17.1 Å². The van der Waals surface area contributed by atoms with Crippen molar-refractivity contribution in [3.05, 3.63) is 59.7 Å². The summed E-state index contributed by atoms with van der Waals surface area (Å²) in [6.45, 7) is 2.38. The van der Waals surface area contributed by atoms with E-state index in [1.54, 1.807) is 29.2 Å². The molecule has 2 atom stereocenters. The van der Waals surface area contributed by atoms with Crippen LogP contribution in [0.3, 0.4) is 0 Å². The molecule has 2 amide bonds. The SMILES string of the molecule is O=C(C=Cc1ccc(OC(F)(F)F)cc1)N1CC[C@@H]2CN(C(=O)c3ccc4[nH]nnc4c3)C[C@@H]2C1. The van der Waals surface area contributed by atoms with Gasteiger partial charge in [-0.2, -0.15) is 0 Å². The van der Waals surface area contributed by atoms with Gasteiger partial charge in [-0.3, -0.25) is 14.7 Å². The maximum absolute atomic E-state index is 13.0. The van der Waals surface area contributed by atoms with Gasteiger partial charge in [0.2, 0.25) is 5.91 Å². The summed E-state index contributed by atoms with van der Waals surface area (Å²) < 4.78 is 40.7. The molecule has 0 unspecified atom stereocenters. The fraction of sp³-hybridized carbons (Fsp3) is 0.333. The molecule has 2 saturated heterocycles. The summed E-state index contributed by atoms with van der Waals surface area (Å²) in [6, 6.07) is 10.6. The Morgan fingerprint density at radius 3 is 2.54 bits per heavy atom. The van der Waals surface area contributed by atoms with Gasteiger partial charge in [0.25, 0.3) is 5.91 Å². The third-order valence-corrected chi connectivity index (χ3v) is 6.50. The summed E-state index contributed by atoms with van der Waals surface area (Å²) in [5, 5.41) is 10.5. The van der Waals surface area contributed by atoms with Gasteiger partial charge in [-0.1, -0.05) is 17.3 Å². The Morgan fingerprint density at radius 1 is 1.03 bits per heavy atom. The first-order valence-electron chi connectivity index (χ1n) is 11.2. The van der Waals surface area contributed by atoms with Crippen molar-refractivity contribution in [3.8, 4) is 5.75 Å². The van der Waals surface area contributed by atoms with Crippen molar-refractivity contribution in [3.63, 3.8) is 0 Å². The zero-order valence-electron chi connectivity index (χ0n) is 18.5. The number of aromatic amines is 1. The first-order chi connectivity index (χ1) is 16.7. The predicted octanol–water partition coefficient (Wildman–Crippen LogP) is 3.49. The van der Waals surface area contributed by atoms with Crippen LogP contribution < -0.4 is 4.74 Å². The highest BCUT2D eigenvalue weighted by Gasteiger charge is 2.40. The topological polar surface area (TPSA) is 91.4 Å². The molecule has 182 valence electrons. The molecule has 2 fully saturated rings. The van der Waals surface area contributed by atoms with E-state index in [-0.39, 0.29) is 23.5 Å². The molecule has 11 heteroatoms. The minimum Gasteiger partial charge on any atom is -0.406 e. The van der Waals surface area contributed by atoms with E-state index in [4.69, 9.17) is 0 Å². The fourth-order valence-corrected chi connectivity index (χ4v) is 4.75. The highest BCUT2D eigenvalue weighted by molar-refractivity contribution is 5.97. The second-order valence-electron chi connectivity index (χ2n) is 8.80. The second-order valence-corrected chi connectivity index (χ2v) is 8.80.